The molecule has 0 aromatic carbocycles. The van der Waals surface area contributed by atoms with E-state index < -0.39 is 0 Å². The van der Waals surface area contributed by atoms with E-state index in [0.29, 0.717) is 10.8 Å². The van der Waals surface area contributed by atoms with Crippen molar-refractivity contribution in [3.05, 3.63) is 0 Å². The van der Waals surface area contributed by atoms with E-state index in [1.807, 2.05) is 0 Å². The van der Waals surface area contributed by atoms with Gasteiger partial charge in [-0.2, -0.15) is 0 Å². The van der Waals surface area contributed by atoms with Crippen LogP contribution >= 0.6 is 0 Å². The zero-order valence-corrected chi connectivity index (χ0v) is 32.0. The lowest BCUT2D eigenvalue weighted by Gasteiger charge is -2.60. The van der Waals surface area contributed by atoms with Crippen LogP contribution in [0.15, 0.2) is 0 Å². The predicted molar refractivity (Wildman–Crippen MR) is 202 cm³/mol. The van der Waals surface area contributed by atoms with Crippen LogP contribution < -0.4 is 5.32 Å². The van der Waals surface area contributed by atoms with Crippen LogP contribution in [0.1, 0.15) is 227 Å². The van der Waals surface area contributed by atoms with Crippen molar-refractivity contribution in [2.75, 3.05) is 13.1 Å². The summed E-state index contributed by atoms with van der Waals surface area (Å²) in [6.07, 6.45) is 44.3. The lowest BCUT2D eigenvalue weighted by Crippen LogP contribution is -2.52. The Kier molecular flexibility index (Phi) is 19.8. The summed E-state index contributed by atoms with van der Waals surface area (Å²) in [5.74, 6) is 5.00. The van der Waals surface area contributed by atoms with Crippen molar-refractivity contribution in [3.63, 3.8) is 0 Å². The Bertz CT molecular complexity index is 712. The summed E-state index contributed by atoms with van der Waals surface area (Å²) in [5, 5.41) is 3.76. The first kappa shape index (κ1) is 39.4. The average molecular weight is 628 g/mol. The molecule has 1 N–H and O–H groups in total. The summed E-state index contributed by atoms with van der Waals surface area (Å²) in [5.41, 5.74) is 1.25. The minimum Gasteiger partial charge on any atom is -0.317 e. The fourth-order valence-electron chi connectivity index (χ4n) is 10.9. The van der Waals surface area contributed by atoms with Crippen LogP contribution in [0.4, 0.5) is 0 Å². The van der Waals surface area contributed by atoms with E-state index in [1.165, 1.54) is 186 Å². The summed E-state index contributed by atoms with van der Waals surface area (Å²) in [4.78, 5) is 0. The Hall–Kier alpha value is -0.0400. The Morgan fingerprint density at radius 3 is 1.73 bits per heavy atom. The van der Waals surface area contributed by atoms with Crippen molar-refractivity contribution in [2.24, 2.45) is 40.4 Å². The van der Waals surface area contributed by atoms with Gasteiger partial charge in [-0.3, -0.25) is 0 Å². The zero-order chi connectivity index (χ0) is 32.2. The molecule has 266 valence electrons. The summed E-state index contributed by atoms with van der Waals surface area (Å²) in [6.45, 7) is 15.4. The molecule has 0 amide bonds. The summed E-state index contributed by atoms with van der Waals surface area (Å²) in [6, 6.07) is 0. The molecule has 3 rings (SSSR count). The molecule has 3 aliphatic rings. The van der Waals surface area contributed by atoms with Gasteiger partial charge in [-0.25, -0.2) is 0 Å². The number of hydrogen-bond donors (Lipinski definition) is 1. The van der Waals surface area contributed by atoms with E-state index in [0.717, 1.165) is 29.6 Å². The maximum Gasteiger partial charge on any atom is -0.00489 e. The quantitative estimate of drug-likeness (QED) is 0.0941. The van der Waals surface area contributed by atoms with Crippen LogP contribution in [0.5, 0.6) is 0 Å². The summed E-state index contributed by atoms with van der Waals surface area (Å²) < 4.78 is 0. The van der Waals surface area contributed by atoms with E-state index in [4.69, 9.17) is 0 Å². The third-order valence-corrected chi connectivity index (χ3v) is 14.0. The van der Waals surface area contributed by atoms with Gasteiger partial charge in [0.1, 0.15) is 0 Å². The number of hydrogen-bond acceptors (Lipinski definition) is 1. The minimum atomic E-state index is 0.565. The largest absolute Gasteiger partial charge is 0.317 e. The smallest absolute Gasteiger partial charge is 0.00489 e. The molecule has 6 atom stereocenters. The Morgan fingerprint density at radius 1 is 0.578 bits per heavy atom. The second-order valence-electron chi connectivity index (χ2n) is 18.0. The lowest BCUT2D eigenvalue weighted by atomic mass is 9.44. The maximum absolute atomic E-state index is 3.76. The van der Waals surface area contributed by atoms with E-state index in [-0.39, 0.29) is 0 Å². The SMILES string of the molecule is CCCCCCCCCCCCCCCCCCCNCCCC[C@H](C)CCC1C2CCC3CCCC[C@]3(C)C2CCC1(C)C. The van der Waals surface area contributed by atoms with E-state index in [9.17, 15) is 0 Å². The standard InChI is InChI=1S/C44H85N/c1-6-7-8-9-10-11-12-13-14-15-16-17-18-19-20-21-25-36-45-37-26-23-27-38(2)29-32-41-40-31-30-39-28-22-24-34-44(39,5)42(40)33-35-43(41,3)4/h38-42,45H,6-37H2,1-5H3/t38-,39?,40?,41?,42?,44-/m0/s1. The minimum absolute atomic E-state index is 0.565. The fraction of sp³-hybridized carbons (Fsp3) is 1.00. The monoisotopic (exact) mass is 628 g/mol. The molecule has 1 nitrogen and oxygen atoms in total. The summed E-state index contributed by atoms with van der Waals surface area (Å²) in [7, 11) is 0. The highest BCUT2D eigenvalue weighted by molar-refractivity contribution is 5.04. The molecular formula is C44H85N. The molecule has 0 bridgehead atoms. The number of unbranched alkanes of at least 4 members (excludes halogenated alkanes) is 17. The van der Waals surface area contributed by atoms with Gasteiger partial charge in [0.15, 0.2) is 0 Å². The highest BCUT2D eigenvalue weighted by atomic mass is 14.8. The normalized spacial score (nSPS) is 28.5. The maximum atomic E-state index is 3.76. The van der Waals surface area contributed by atoms with Gasteiger partial charge >= 0.3 is 0 Å². The Morgan fingerprint density at radius 2 is 1.13 bits per heavy atom. The number of fused-ring (bicyclic) bond motifs is 3. The van der Waals surface area contributed by atoms with Gasteiger partial charge < -0.3 is 5.32 Å². The molecule has 0 aliphatic heterocycles. The van der Waals surface area contributed by atoms with Gasteiger partial charge in [0, 0.05) is 0 Å². The Labute approximate surface area is 285 Å². The molecule has 0 spiro atoms. The van der Waals surface area contributed by atoms with E-state index in [2.05, 4.69) is 39.9 Å². The van der Waals surface area contributed by atoms with Crippen LogP contribution in [-0.4, -0.2) is 13.1 Å². The number of rotatable bonds is 26. The van der Waals surface area contributed by atoms with Gasteiger partial charge in [0.25, 0.3) is 0 Å². The second kappa shape index (κ2) is 22.6. The number of nitrogens with one attached hydrogen (secondary N) is 1. The van der Waals surface area contributed by atoms with Gasteiger partial charge in [-0.1, -0.05) is 169 Å². The van der Waals surface area contributed by atoms with E-state index in [1.54, 1.807) is 19.3 Å². The third-order valence-electron chi connectivity index (χ3n) is 14.0. The van der Waals surface area contributed by atoms with E-state index >= 15 is 0 Å². The van der Waals surface area contributed by atoms with Crippen molar-refractivity contribution in [2.45, 2.75) is 227 Å². The zero-order valence-electron chi connectivity index (χ0n) is 32.0. The average Bonchev–Trinajstić information content (AvgIpc) is 3.02. The van der Waals surface area contributed by atoms with Crippen LogP contribution in [0, 0.1) is 40.4 Å². The second-order valence-corrected chi connectivity index (χ2v) is 18.0. The van der Waals surface area contributed by atoms with Gasteiger partial charge in [-0.05, 0) is 111 Å². The van der Waals surface area contributed by atoms with Crippen molar-refractivity contribution in [1.29, 1.82) is 0 Å². The molecule has 1 heteroatoms. The molecule has 0 saturated heterocycles. The van der Waals surface area contributed by atoms with Crippen molar-refractivity contribution < 1.29 is 0 Å². The molecule has 3 fully saturated rings. The van der Waals surface area contributed by atoms with Gasteiger partial charge in [0.2, 0.25) is 0 Å². The van der Waals surface area contributed by atoms with Crippen molar-refractivity contribution >= 4 is 0 Å². The van der Waals surface area contributed by atoms with Crippen molar-refractivity contribution in [3.8, 4) is 0 Å². The molecule has 0 heterocycles. The first-order chi connectivity index (χ1) is 21.9. The predicted octanol–water partition coefficient (Wildman–Crippen LogP) is 14.5. The Balaban J connectivity index is 1.10. The molecule has 3 aliphatic carbocycles. The van der Waals surface area contributed by atoms with Crippen LogP contribution in [0.25, 0.3) is 0 Å². The van der Waals surface area contributed by atoms with Gasteiger partial charge in [0.05, 0.1) is 0 Å². The fourth-order valence-corrected chi connectivity index (χ4v) is 10.9. The van der Waals surface area contributed by atoms with Crippen LogP contribution in [0.2, 0.25) is 0 Å². The van der Waals surface area contributed by atoms with Crippen molar-refractivity contribution in [1.82, 2.24) is 5.32 Å². The highest BCUT2D eigenvalue weighted by Crippen LogP contribution is 2.63. The molecule has 0 aromatic heterocycles. The first-order valence-corrected chi connectivity index (χ1v) is 21.6. The van der Waals surface area contributed by atoms with Crippen LogP contribution in [0.3, 0.4) is 0 Å². The first-order valence-electron chi connectivity index (χ1n) is 21.6. The van der Waals surface area contributed by atoms with Crippen LogP contribution in [-0.2, 0) is 0 Å². The lowest BCUT2D eigenvalue weighted by molar-refractivity contribution is -0.110. The molecular weight excluding hydrogens is 542 g/mol. The molecule has 45 heavy (non-hydrogen) atoms. The molecule has 3 saturated carbocycles. The topological polar surface area (TPSA) is 12.0 Å². The molecule has 4 unspecified atom stereocenters. The third kappa shape index (κ3) is 14.1. The van der Waals surface area contributed by atoms with Gasteiger partial charge in [-0.15, -0.1) is 0 Å². The summed E-state index contributed by atoms with van der Waals surface area (Å²) >= 11 is 0. The highest BCUT2D eigenvalue weighted by Gasteiger charge is 2.54. The molecule has 0 radical (unpaired) electrons. The molecule has 0 aromatic rings.